The molecule has 282 valence electrons. The second kappa shape index (κ2) is 17.9. The van der Waals surface area contributed by atoms with Crippen LogP contribution in [-0.2, 0) is 38.4 Å². The average molecular weight is 722 g/mol. The van der Waals surface area contributed by atoms with Crippen molar-refractivity contribution in [2.75, 3.05) is 45.9 Å². The van der Waals surface area contributed by atoms with Gasteiger partial charge in [0.25, 0.3) is 0 Å². The van der Waals surface area contributed by atoms with Crippen molar-refractivity contribution in [1.82, 2.24) is 24.9 Å². The van der Waals surface area contributed by atoms with Gasteiger partial charge in [0.15, 0.2) is 0 Å². The summed E-state index contributed by atoms with van der Waals surface area (Å²) < 4.78 is 5.60. The van der Waals surface area contributed by atoms with Gasteiger partial charge in [-0.1, -0.05) is 86.6 Å². The van der Waals surface area contributed by atoms with Crippen LogP contribution in [0, 0.1) is 5.92 Å². The highest BCUT2D eigenvalue weighted by Crippen LogP contribution is 2.27. The van der Waals surface area contributed by atoms with Crippen LogP contribution in [0.15, 0.2) is 84.9 Å². The highest BCUT2D eigenvalue weighted by molar-refractivity contribution is 6.36. The smallest absolute Gasteiger partial charge is 0.312 e. The van der Waals surface area contributed by atoms with Crippen molar-refractivity contribution >= 4 is 23.6 Å². The van der Waals surface area contributed by atoms with Crippen molar-refractivity contribution in [2.45, 2.75) is 83.5 Å². The number of amides is 4. The molecule has 10 heteroatoms. The summed E-state index contributed by atoms with van der Waals surface area (Å²) in [6.07, 6.45) is 4.58. The molecule has 3 fully saturated rings. The highest BCUT2D eigenvalue weighted by Gasteiger charge is 2.44. The Balaban J connectivity index is 1.20. The van der Waals surface area contributed by atoms with E-state index >= 15 is 0 Å². The Bertz CT molecular complexity index is 1680. The first-order valence-corrected chi connectivity index (χ1v) is 19.4. The van der Waals surface area contributed by atoms with E-state index in [1.54, 1.807) is 4.90 Å². The summed E-state index contributed by atoms with van der Waals surface area (Å²) in [7, 11) is 0. The van der Waals surface area contributed by atoms with Gasteiger partial charge in [-0.3, -0.25) is 24.1 Å². The van der Waals surface area contributed by atoms with Crippen molar-refractivity contribution < 1.29 is 23.9 Å². The molecule has 3 saturated heterocycles. The number of benzene rings is 3. The molecule has 0 aromatic heterocycles. The summed E-state index contributed by atoms with van der Waals surface area (Å²) in [6.45, 7) is 10.1. The number of carbonyl (C=O) groups excluding carboxylic acids is 4. The maximum atomic E-state index is 14.2. The molecule has 3 aromatic rings. The van der Waals surface area contributed by atoms with E-state index in [9.17, 15) is 19.2 Å². The Morgan fingerprint density at radius 1 is 0.774 bits per heavy atom. The maximum Gasteiger partial charge on any atom is 0.312 e. The second-order valence-corrected chi connectivity index (χ2v) is 15.2. The van der Waals surface area contributed by atoms with E-state index < -0.39 is 23.6 Å². The third kappa shape index (κ3) is 9.65. The standard InChI is InChI=1S/C43H55N5O5/c1-4-53-39-19-17-32(18-20-39)21-23-46-37(24-31(2)3)30-48(43(52)42(46)51)38(26-34-14-9-6-10-15-34)28-45-22-11-16-35(45)29-47-36(27-44-40(49)41(47)50)25-33-12-7-5-8-13-33/h5-10,12-15,17-20,31,35-38H,4,11,16,21-30H2,1-3H3,(H,44,49)/t35-,36-,37-,38-/m0/s1. The Labute approximate surface area is 314 Å². The quantitative estimate of drug-likeness (QED) is 0.221. The van der Waals surface area contributed by atoms with E-state index in [0.29, 0.717) is 64.5 Å². The van der Waals surface area contributed by atoms with Crippen molar-refractivity contribution in [2.24, 2.45) is 5.92 Å². The summed E-state index contributed by atoms with van der Waals surface area (Å²) in [5.41, 5.74) is 3.32. The van der Waals surface area contributed by atoms with Crippen molar-refractivity contribution in [1.29, 1.82) is 0 Å². The van der Waals surface area contributed by atoms with E-state index in [2.05, 4.69) is 48.3 Å². The first-order chi connectivity index (χ1) is 25.7. The molecule has 0 bridgehead atoms. The third-order valence-electron chi connectivity index (χ3n) is 11.0. The van der Waals surface area contributed by atoms with Gasteiger partial charge in [0.2, 0.25) is 0 Å². The normalized spacial score (nSPS) is 21.7. The molecule has 0 radical (unpaired) electrons. The van der Waals surface area contributed by atoms with E-state index in [-0.39, 0.29) is 24.2 Å². The molecule has 6 rings (SSSR count). The predicted octanol–water partition coefficient (Wildman–Crippen LogP) is 4.36. The number of piperazine rings is 2. The second-order valence-electron chi connectivity index (χ2n) is 15.2. The SMILES string of the molecule is CCOc1ccc(CCN2C(=O)C(=O)N([C@@H](Cc3ccccc3)CN3CCC[C@H]3CN3C(=O)C(=O)NC[C@@H]3Cc3ccccc3)C[C@@H]2CC(C)C)cc1. The number of carbonyl (C=O) groups is 4. The van der Waals surface area contributed by atoms with E-state index in [0.717, 1.165) is 48.2 Å². The minimum absolute atomic E-state index is 0.0362. The van der Waals surface area contributed by atoms with Gasteiger partial charge in [0, 0.05) is 44.8 Å². The molecule has 1 N–H and O–H groups in total. The van der Waals surface area contributed by atoms with E-state index in [1.807, 2.05) is 77.4 Å². The number of likely N-dealkylation sites (tertiary alicyclic amines) is 1. The lowest BCUT2D eigenvalue weighted by molar-refractivity contribution is -0.161. The van der Waals surface area contributed by atoms with Crippen molar-refractivity contribution in [3.8, 4) is 5.75 Å². The Hall–Kier alpha value is -4.70. The number of nitrogens with zero attached hydrogens (tertiary/aromatic N) is 4. The van der Waals surface area contributed by atoms with Crippen molar-refractivity contribution in [3.63, 3.8) is 0 Å². The number of rotatable bonds is 16. The van der Waals surface area contributed by atoms with Gasteiger partial charge in [0.05, 0.1) is 18.7 Å². The molecule has 3 aromatic carbocycles. The molecule has 53 heavy (non-hydrogen) atoms. The summed E-state index contributed by atoms with van der Waals surface area (Å²) in [4.78, 5) is 62.1. The first-order valence-electron chi connectivity index (χ1n) is 19.4. The zero-order valence-corrected chi connectivity index (χ0v) is 31.5. The molecule has 0 aliphatic carbocycles. The summed E-state index contributed by atoms with van der Waals surface area (Å²) >= 11 is 0. The lowest BCUT2D eigenvalue weighted by Gasteiger charge is -2.46. The molecule has 3 aliphatic rings. The number of ether oxygens (including phenoxy) is 1. The van der Waals surface area contributed by atoms with Crippen LogP contribution in [0.25, 0.3) is 0 Å². The van der Waals surface area contributed by atoms with Crippen molar-refractivity contribution in [3.05, 3.63) is 102 Å². The van der Waals surface area contributed by atoms with Crippen LogP contribution in [0.3, 0.4) is 0 Å². The van der Waals surface area contributed by atoms with Gasteiger partial charge in [-0.15, -0.1) is 0 Å². The van der Waals surface area contributed by atoms with Crippen LogP contribution in [0.4, 0.5) is 0 Å². The van der Waals surface area contributed by atoms with E-state index in [1.165, 1.54) is 0 Å². The van der Waals surface area contributed by atoms with Crippen LogP contribution in [0.1, 0.15) is 56.7 Å². The molecular weight excluding hydrogens is 667 g/mol. The first kappa shape index (κ1) is 38.0. The monoisotopic (exact) mass is 721 g/mol. The van der Waals surface area contributed by atoms with Crippen LogP contribution < -0.4 is 10.1 Å². The molecule has 0 unspecified atom stereocenters. The molecule has 3 heterocycles. The summed E-state index contributed by atoms with van der Waals surface area (Å²) in [5.74, 6) is -0.755. The predicted molar refractivity (Wildman–Crippen MR) is 205 cm³/mol. The highest BCUT2D eigenvalue weighted by atomic mass is 16.5. The number of nitrogens with one attached hydrogen (secondary N) is 1. The number of hydrogen-bond acceptors (Lipinski definition) is 6. The van der Waals surface area contributed by atoms with Crippen LogP contribution >= 0.6 is 0 Å². The van der Waals surface area contributed by atoms with Crippen LogP contribution in [-0.4, -0.2) is 113 Å². The molecule has 4 atom stereocenters. The lowest BCUT2D eigenvalue weighted by Crippen LogP contribution is -2.64. The van der Waals surface area contributed by atoms with Gasteiger partial charge in [-0.25, -0.2) is 0 Å². The Morgan fingerprint density at radius 2 is 1.47 bits per heavy atom. The molecule has 0 spiro atoms. The fourth-order valence-electron chi connectivity index (χ4n) is 8.33. The largest absolute Gasteiger partial charge is 0.494 e. The Morgan fingerprint density at radius 3 is 2.15 bits per heavy atom. The van der Waals surface area contributed by atoms with Gasteiger partial charge < -0.3 is 24.8 Å². The van der Waals surface area contributed by atoms with Gasteiger partial charge in [0.1, 0.15) is 5.75 Å². The number of hydrogen-bond donors (Lipinski definition) is 1. The third-order valence-corrected chi connectivity index (χ3v) is 11.0. The molecule has 3 aliphatic heterocycles. The molecular formula is C43H55N5O5. The van der Waals surface area contributed by atoms with Gasteiger partial charge >= 0.3 is 23.6 Å². The fraction of sp³-hybridized carbons (Fsp3) is 0.488. The van der Waals surface area contributed by atoms with E-state index in [4.69, 9.17) is 4.74 Å². The van der Waals surface area contributed by atoms with Gasteiger partial charge in [-0.05, 0) is 86.7 Å². The Kier molecular flexibility index (Phi) is 12.8. The molecule has 10 nitrogen and oxygen atoms in total. The zero-order valence-electron chi connectivity index (χ0n) is 31.5. The summed E-state index contributed by atoms with van der Waals surface area (Å²) in [6, 6.07) is 27.8. The van der Waals surface area contributed by atoms with Gasteiger partial charge in [-0.2, -0.15) is 0 Å². The van der Waals surface area contributed by atoms with Crippen LogP contribution in [0.2, 0.25) is 0 Å². The zero-order chi connectivity index (χ0) is 37.3. The molecule has 0 saturated carbocycles. The fourth-order valence-corrected chi connectivity index (χ4v) is 8.33. The summed E-state index contributed by atoms with van der Waals surface area (Å²) in [5, 5.41) is 2.80. The lowest BCUT2D eigenvalue weighted by atomic mass is 9.95. The topological polar surface area (TPSA) is 102 Å². The molecule has 4 amide bonds. The minimum Gasteiger partial charge on any atom is -0.494 e. The minimum atomic E-state index is -0.554. The average Bonchev–Trinajstić information content (AvgIpc) is 3.60. The van der Waals surface area contributed by atoms with Crippen LogP contribution in [0.5, 0.6) is 5.75 Å². The maximum absolute atomic E-state index is 14.2.